The van der Waals surface area contributed by atoms with E-state index in [0.717, 1.165) is 12.0 Å². The Hall–Kier alpha value is -2.67. The van der Waals surface area contributed by atoms with Gasteiger partial charge in [-0.05, 0) is 73.4 Å². The summed E-state index contributed by atoms with van der Waals surface area (Å²) < 4.78 is 19.0. The maximum absolute atomic E-state index is 13.7. The minimum Gasteiger partial charge on any atom is -0.423 e. The van der Waals surface area contributed by atoms with E-state index in [2.05, 4.69) is 6.92 Å². The number of halogens is 1. The summed E-state index contributed by atoms with van der Waals surface area (Å²) in [7, 11) is 0. The third-order valence-corrected chi connectivity index (χ3v) is 5.70. The largest absolute Gasteiger partial charge is 0.423 e. The van der Waals surface area contributed by atoms with Gasteiger partial charge in [-0.1, -0.05) is 38.3 Å². The molecule has 0 amide bonds. The smallest absolute Gasteiger partial charge is 0.343 e. The lowest BCUT2D eigenvalue weighted by Gasteiger charge is -2.28. The number of unbranched alkanes of at least 4 members (excludes halogenated alkanes) is 1. The minimum absolute atomic E-state index is 0.0889. The van der Waals surface area contributed by atoms with Crippen LogP contribution in [-0.4, -0.2) is 5.97 Å². The van der Waals surface area contributed by atoms with Gasteiger partial charge < -0.3 is 4.74 Å². The van der Waals surface area contributed by atoms with E-state index in [4.69, 9.17) is 10.00 Å². The summed E-state index contributed by atoms with van der Waals surface area (Å²) in [6.07, 6.45) is 9.00. The molecule has 4 heteroatoms. The van der Waals surface area contributed by atoms with Crippen LogP contribution in [0.2, 0.25) is 0 Å². The fourth-order valence-corrected chi connectivity index (χ4v) is 3.98. The van der Waals surface area contributed by atoms with Crippen LogP contribution >= 0.6 is 0 Å². The number of hydrogen-bond acceptors (Lipinski definition) is 3. The summed E-state index contributed by atoms with van der Waals surface area (Å²) in [5.74, 6) is 0.545. The summed E-state index contributed by atoms with van der Waals surface area (Å²) in [5.41, 5.74) is 1.29. The number of ether oxygens (including phenoxy) is 1. The van der Waals surface area contributed by atoms with Crippen molar-refractivity contribution < 1.29 is 13.9 Å². The summed E-state index contributed by atoms with van der Waals surface area (Å²) in [6, 6.07) is 13.1. The first-order valence-electron chi connectivity index (χ1n) is 10.1. The first-order chi connectivity index (χ1) is 13.6. The second-order valence-electron chi connectivity index (χ2n) is 7.62. The molecule has 0 heterocycles. The average Bonchev–Trinajstić information content (AvgIpc) is 2.73. The number of hydrogen-bond donors (Lipinski definition) is 0. The maximum Gasteiger partial charge on any atom is 0.343 e. The molecule has 0 saturated heterocycles. The van der Waals surface area contributed by atoms with Gasteiger partial charge in [0.1, 0.15) is 17.6 Å². The number of rotatable bonds is 6. The van der Waals surface area contributed by atoms with Crippen molar-refractivity contribution in [3.05, 3.63) is 65.0 Å². The summed E-state index contributed by atoms with van der Waals surface area (Å²) >= 11 is 0. The highest BCUT2D eigenvalue weighted by Crippen LogP contribution is 2.38. The molecule has 0 spiro atoms. The van der Waals surface area contributed by atoms with Crippen molar-refractivity contribution in [2.24, 2.45) is 5.92 Å². The first kappa shape index (κ1) is 20.1. The predicted molar refractivity (Wildman–Crippen MR) is 107 cm³/mol. The van der Waals surface area contributed by atoms with Crippen molar-refractivity contribution in [3.63, 3.8) is 0 Å². The van der Waals surface area contributed by atoms with Crippen LogP contribution in [0.3, 0.4) is 0 Å². The highest BCUT2D eigenvalue weighted by atomic mass is 19.1. The molecule has 146 valence electrons. The van der Waals surface area contributed by atoms with E-state index in [9.17, 15) is 9.18 Å². The van der Waals surface area contributed by atoms with Crippen molar-refractivity contribution in [1.29, 1.82) is 5.26 Å². The molecule has 0 radical (unpaired) electrons. The summed E-state index contributed by atoms with van der Waals surface area (Å²) in [6.45, 7) is 2.25. The fourth-order valence-electron chi connectivity index (χ4n) is 3.98. The summed E-state index contributed by atoms with van der Waals surface area (Å²) in [4.78, 5) is 12.2. The van der Waals surface area contributed by atoms with E-state index >= 15 is 0 Å². The molecule has 0 bridgehead atoms. The van der Waals surface area contributed by atoms with Crippen LogP contribution in [0, 0.1) is 23.1 Å². The molecule has 2 aromatic rings. The van der Waals surface area contributed by atoms with Gasteiger partial charge in [0, 0.05) is 0 Å². The zero-order valence-corrected chi connectivity index (χ0v) is 16.3. The molecule has 0 N–H and O–H groups in total. The second-order valence-corrected chi connectivity index (χ2v) is 7.62. The molecule has 1 saturated carbocycles. The molecule has 1 aliphatic rings. The normalized spacial score (nSPS) is 19.0. The van der Waals surface area contributed by atoms with Crippen LogP contribution < -0.4 is 4.74 Å². The van der Waals surface area contributed by atoms with Gasteiger partial charge in [-0.2, -0.15) is 5.26 Å². The Balaban J connectivity index is 1.57. The molecule has 3 nitrogen and oxygen atoms in total. The van der Waals surface area contributed by atoms with E-state index in [1.54, 1.807) is 18.2 Å². The molecule has 2 aromatic carbocycles. The lowest BCUT2D eigenvalue weighted by atomic mass is 9.77. The number of carbonyl (C=O) groups is 1. The topological polar surface area (TPSA) is 50.1 Å². The zero-order chi connectivity index (χ0) is 19.9. The van der Waals surface area contributed by atoms with Gasteiger partial charge in [0.25, 0.3) is 0 Å². The predicted octanol–water partition coefficient (Wildman–Crippen LogP) is 6.38. The van der Waals surface area contributed by atoms with E-state index in [0.29, 0.717) is 11.7 Å². The minimum atomic E-state index is -0.721. The van der Waals surface area contributed by atoms with E-state index in [1.165, 1.54) is 62.6 Å². The quantitative estimate of drug-likeness (QED) is 0.432. The Morgan fingerprint density at radius 3 is 2.46 bits per heavy atom. The molecular formula is C24H26FNO2. The third kappa shape index (κ3) is 4.98. The molecular weight excluding hydrogens is 353 g/mol. The molecule has 0 aromatic heterocycles. The van der Waals surface area contributed by atoms with Gasteiger partial charge in [-0.15, -0.1) is 0 Å². The highest BCUT2D eigenvalue weighted by molar-refractivity contribution is 5.91. The van der Waals surface area contributed by atoms with Crippen molar-refractivity contribution in [2.75, 3.05) is 0 Å². The van der Waals surface area contributed by atoms with Crippen LogP contribution in [0.4, 0.5) is 4.39 Å². The third-order valence-electron chi connectivity index (χ3n) is 5.70. The Morgan fingerprint density at radius 2 is 1.86 bits per heavy atom. The number of nitriles is 1. The van der Waals surface area contributed by atoms with Crippen molar-refractivity contribution in [3.8, 4) is 11.8 Å². The van der Waals surface area contributed by atoms with Crippen LogP contribution in [0.15, 0.2) is 42.5 Å². The SMILES string of the molecule is CCCCC1CCC(c2ccc(OC(=O)c3ccc(C#N)c(F)c3)cc2)CC1. The lowest BCUT2D eigenvalue weighted by molar-refractivity contribution is 0.0734. The molecule has 28 heavy (non-hydrogen) atoms. The van der Waals surface area contributed by atoms with Crippen molar-refractivity contribution >= 4 is 5.97 Å². The molecule has 1 fully saturated rings. The molecule has 3 rings (SSSR count). The number of esters is 1. The second kappa shape index (κ2) is 9.50. The fraction of sp³-hybridized carbons (Fsp3) is 0.417. The number of benzene rings is 2. The highest BCUT2D eigenvalue weighted by Gasteiger charge is 2.22. The van der Waals surface area contributed by atoms with Crippen LogP contribution in [-0.2, 0) is 0 Å². The number of carbonyl (C=O) groups excluding carboxylic acids is 1. The van der Waals surface area contributed by atoms with Crippen LogP contribution in [0.1, 0.15) is 79.3 Å². The molecule has 0 aliphatic heterocycles. The van der Waals surface area contributed by atoms with Gasteiger partial charge in [0.05, 0.1) is 11.1 Å². The van der Waals surface area contributed by atoms with E-state index < -0.39 is 11.8 Å². The van der Waals surface area contributed by atoms with Crippen LogP contribution in [0.25, 0.3) is 0 Å². The van der Waals surface area contributed by atoms with Gasteiger partial charge in [-0.25, -0.2) is 9.18 Å². The summed E-state index contributed by atoms with van der Waals surface area (Å²) in [5, 5.41) is 8.76. The van der Waals surface area contributed by atoms with Gasteiger partial charge in [0.2, 0.25) is 0 Å². The number of nitrogens with zero attached hydrogens (tertiary/aromatic N) is 1. The van der Waals surface area contributed by atoms with E-state index in [1.807, 2.05) is 12.1 Å². The van der Waals surface area contributed by atoms with Crippen molar-refractivity contribution in [2.45, 2.75) is 57.8 Å². The van der Waals surface area contributed by atoms with Gasteiger partial charge in [0.15, 0.2) is 0 Å². The Bertz CT molecular complexity index is 846. The van der Waals surface area contributed by atoms with E-state index in [-0.39, 0.29) is 11.1 Å². The first-order valence-corrected chi connectivity index (χ1v) is 10.1. The van der Waals surface area contributed by atoms with Gasteiger partial charge >= 0.3 is 5.97 Å². The van der Waals surface area contributed by atoms with Gasteiger partial charge in [-0.3, -0.25) is 0 Å². The molecule has 0 atom stereocenters. The zero-order valence-electron chi connectivity index (χ0n) is 16.3. The molecule has 0 unspecified atom stereocenters. The monoisotopic (exact) mass is 379 g/mol. The maximum atomic E-state index is 13.7. The standard InChI is InChI=1S/C24H26FNO2/c1-2-3-4-17-5-7-18(8-6-17)19-11-13-22(14-12-19)28-24(27)20-9-10-21(16-26)23(25)15-20/h9-15,17-18H,2-8H2,1H3. The Labute approximate surface area is 166 Å². The van der Waals surface area contributed by atoms with Crippen LogP contribution in [0.5, 0.6) is 5.75 Å². The van der Waals surface area contributed by atoms with Crippen molar-refractivity contribution in [1.82, 2.24) is 0 Å². The Kier molecular flexibility index (Phi) is 6.81. The average molecular weight is 379 g/mol. The Morgan fingerprint density at radius 1 is 1.14 bits per heavy atom. The lowest BCUT2D eigenvalue weighted by Crippen LogP contribution is -2.13. The molecule has 1 aliphatic carbocycles.